The van der Waals surface area contributed by atoms with Gasteiger partial charge in [-0.2, -0.15) is 5.26 Å². The SMILES string of the molecule is CCOC(=O)C(O)=C(C)C(=O)c1cccc(C#N)c1. The van der Waals surface area contributed by atoms with Gasteiger partial charge in [-0.1, -0.05) is 12.1 Å². The molecule has 0 amide bonds. The minimum absolute atomic E-state index is 0.105. The minimum atomic E-state index is -0.940. The van der Waals surface area contributed by atoms with E-state index >= 15 is 0 Å². The number of Topliss-reactive ketones (excluding diaryl/α,β-unsaturated/α-hetero) is 1. The van der Waals surface area contributed by atoms with Crippen LogP contribution < -0.4 is 0 Å². The molecular weight excluding hydrogens is 246 g/mol. The molecule has 0 heterocycles. The maximum absolute atomic E-state index is 12.0. The lowest BCUT2D eigenvalue weighted by molar-refractivity contribution is -0.141. The molecule has 0 aromatic heterocycles. The number of ether oxygens (including phenoxy) is 1. The van der Waals surface area contributed by atoms with Crippen molar-refractivity contribution in [2.24, 2.45) is 0 Å². The standard InChI is InChI=1S/C14H13NO4/c1-3-19-14(18)13(17)9(2)12(16)11-6-4-5-10(7-11)8-15/h4-7,17H,3H2,1-2H3. The molecule has 0 aliphatic carbocycles. The molecule has 0 saturated heterocycles. The zero-order valence-electron chi connectivity index (χ0n) is 10.6. The first-order valence-corrected chi connectivity index (χ1v) is 5.63. The van der Waals surface area contributed by atoms with Crippen LogP contribution in [0.5, 0.6) is 0 Å². The number of ketones is 1. The van der Waals surface area contributed by atoms with Crippen LogP contribution in [0.25, 0.3) is 0 Å². The van der Waals surface area contributed by atoms with Gasteiger partial charge in [0, 0.05) is 11.1 Å². The summed E-state index contributed by atoms with van der Waals surface area (Å²) in [7, 11) is 0. The van der Waals surface area contributed by atoms with E-state index in [2.05, 4.69) is 4.74 Å². The Hall–Kier alpha value is -2.61. The summed E-state index contributed by atoms with van der Waals surface area (Å²) in [5, 5.41) is 18.3. The molecular formula is C14H13NO4. The van der Waals surface area contributed by atoms with E-state index in [-0.39, 0.29) is 17.7 Å². The quantitative estimate of drug-likeness (QED) is 0.387. The normalized spacial score (nSPS) is 11.2. The molecule has 0 atom stereocenters. The van der Waals surface area contributed by atoms with Crippen LogP contribution in [0.2, 0.25) is 0 Å². The van der Waals surface area contributed by atoms with Crippen molar-refractivity contribution in [2.75, 3.05) is 6.61 Å². The number of aliphatic hydroxyl groups excluding tert-OH is 1. The summed E-state index contributed by atoms with van der Waals surface area (Å²) in [4.78, 5) is 23.3. The Morgan fingerprint density at radius 3 is 2.68 bits per heavy atom. The molecule has 0 bridgehead atoms. The first-order chi connectivity index (χ1) is 9.01. The fourth-order valence-electron chi connectivity index (χ4n) is 1.41. The lowest BCUT2D eigenvalue weighted by atomic mass is 10.0. The highest BCUT2D eigenvalue weighted by molar-refractivity contribution is 6.11. The van der Waals surface area contributed by atoms with Gasteiger partial charge in [-0.15, -0.1) is 0 Å². The lowest BCUT2D eigenvalue weighted by Crippen LogP contribution is -2.13. The molecule has 1 rings (SSSR count). The van der Waals surface area contributed by atoms with Crippen molar-refractivity contribution < 1.29 is 19.4 Å². The van der Waals surface area contributed by atoms with Crippen LogP contribution in [0.4, 0.5) is 0 Å². The zero-order chi connectivity index (χ0) is 14.4. The van der Waals surface area contributed by atoms with Gasteiger partial charge in [0.2, 0.25) is 5.76 Å². The summed E-state index contributed by atoms with van der Waals surface area (Å²) in [6.45, 7) is 3.03. The van der Waals surface area contributed by atoms with E-state index in [4.69, 9.17) is 5.26 Å². The number of nitriles is 1. The highest BCUT2D eigenvalue weighted by Crippen LogP contribution is 2.13. The first kappa shape index (κ1) is 14.5. The molecule has 0 aliphatic heterocycles. The zero-order valence-corrected chi connectivity index (χ0v) is 10.6. The maximum Gasteiger partial charge on any atom is 0.373 e. The predicted octanol–water partition coefficient (Wildman–Crippen LogP) is 2.14. The van der Waals surface area contributed by atoms with Crippen LogP contribution in [0.15, 0.2) is 35.6 Å². The fourth-order valence-corrected chi connectivity index (χ4v) is 1.41. The van der Waals surface area contributed by atoms with Gasteiger partial charge in [0.25, 0.3) is 0 Å². The summed E-state index contributed by atoms with van der Waals surface area (Å²) in [6.07, 6.45) is 0. The largest absolute Gasteiger partial charge is 0.502 e. The van der Waals surface area contributed by atoms with Crippen molar-refractivity contribution in [1.29, 1.82) is 5.26 Å². The van der Waals surface area contributed by atoms with Crippen LogP contribution in [-0.4, -0.2) is 23.5 Å². The van der Waals surface area contributed by atoms with Gasteiger partial charge in [-0.3, -0.25) is 4.79 Å². The second-order valence-corrected chi connectivity index (χ2v) is 3.72. The summed E-state index contributed by atoms with van der Waals surface area (Å²) < 4.78 is 4.60. The number of benzene rings is 1. The van der Waals surface area contributed by atoms with Crippen LogP contribution in [-0.2, 0) is 9.53 Å². The Labute approximate surface area is 110 Å². The van der Waals surface area contributed by atoms with E-state index in [1.165, 1.54) is 19.1 Å². The van der Waals surface area contributed by atoms with E-state index in [9.17, 15) is 14.7 Å². The van der Waals surface area contributed by atoms with Gasteiger partial charge < -0.3 is 9.84 Å². The molecule has 0 radical (unpaired) electrons. The Morgan fingerprint density at radius 1 is 1.42 bits per heavy atom. The van der Waals surface area contributed by atoms with Crippen molar-refractivity contribution in [3.05, 3.63) is 46.7 Å². The Bertz CT molecular complexity index is 581. The minimum Gasteiger partial charge on any atom is -0.502 e. The number of rotatable bonds is 4. The summed E-state index contributed by atoms with van der Waals surface area (Å²) in [5.74, 6) is -2.18. The van der Waals surface area contributed by atoms with Crippen molar-refractivity contribution in [2.45, 2.75) is 13.8 Å². The summed E-state index contributed by atoms with van der Waals surface area (Å²) in [5.41, 5.74) is 0.440. The predicted molar refractivity (Wildman–Crippen MR) is 67.4 cm³/mol. The van der Waals surface area contributed by atoms with E-state index in [1.807, 2.05) is 6.07 Å². The van der Waals surface area contributed by atoms with Gasteiger partial charge in [0.05, 0.1) is 18.2 Å². The number of hydrogen-bond donors (Lipinski definition) is 1. The van der Waals surface area contributed by atoms with E-state index in [1.54, 1.807) is 19.1 Å². The van der Waals surface area contributed by atoms with E-state index < -0.39 is 17.5 Å². The topological polar surface area (TPSA) is 87.4 Å². The second kappa shape index (κ2) is 6.36. The third-order valence-electron chi connectivity index (χ3n) is 2.42. The smallest absolute Gasteiger partial charge is 0.373 e. The Balaban J connectivity index is 3.08. The van der Waals surface area contributed by atoms with Crippen molar-refractivity contribution in [3.63, 3.8) is 0 Å². The molecule has 0 fully saturated rings. The highest BCUT2D eigenvalue weighted by atomic mass is 16.5. The molecule has 0 aliphatic rings. The average molecular weight is 259 g/mol. The number of carbonyl (C=O) groups is 2. The first-order valence-electron chi connectivity index (χ1n) is 5.63. The molecule has 1 aromatic carbocycles. The number of aliphatic hydroxyl groups is 1. The van der Waals surface area contributed by atoms with Gasteiger partial charge in [-0.05, 0) is 26.0 Å². The third-order valence-corrected chi connectivity index (χ3v) is 2.42. The molecule has 19 heavy (non-hydrogen) atoms. The van der Waals surface area contributed by atoms with Gasteiger partial charge in [0.15, 0.2) is 5.78 Å². The van der Waals surface area contributed by atoms with Crippen LogP contribution in [0.1, 0.15) is 29.8 Å². The third kappa shape index (κ3) is 3.42. The number of allylic oxidation sites excluding steroid dienone is 1. The van der Waals surface area contributed by atoms with Crippen LogP contribution >= 0.6 is 0 Å². The molecule has 0 unspecified atom stereocenters. The molecule has 5 heteroatoms. The Kier molecular flexibility index (Phi) is 4.84. The molecule has 1 aromatic rings. The van der Waals surface area contributed by atoms with Gasteiger partial charge in [0.1, 0.15) is 0 Å². The summed E-state index contributed by atoms with van der Waals surface area (Å²) in [6, 6.07) is 7.92. The number of hydrogen-bond acceptors (Lipinski definition) is 5. The lowest BCUT2D eigenvalue weighted by Gasteiger charge is -2.05. The van der Waals surface area contributed by atoms with E-state index in [0.717, 1.165) is 0 Å². The van der Waals surface area contributed by atoms with E-state index in [0.29, 0.717) is 5.56 Å². The molecule has 98 valence electrons. The number of nitrogens with zero attached hydrogens (tertiary/aromatic N) is 1. The van der Waals surface area contributed by atoms with Crippen LogP contribution in [0.3, 0.4) is 0 Å². The molecule has 0 spiro atoms. The summed E-state index contributed by atoms with van der Waals surface area (Å²) >= 11 is 0. The average Bonchev–Trinajstić information content (AvgIpc) is 2.45. The number of esters is 1. The second-order valence-electron chi connectivity index (χ2n) is 3.72. The Morgan fingerprint density at radius 2 is 2.11 bits per heavy atom. The fraction of sp³-hybridized carbons (Fsp3) is 0.214. The van der Waals surface area contributed by atoms with Gasteiger partial charge >= 0.3 is 5.97 Å². The molecule has 0 saturated carbocycles. The van der Waals surface area contributed by atoms with Crippen molar-refractivity contribution in [1.82, 2.24) is 0 Å². The van der Waals surface area contributed by atoms with Crippen molar-refractivity contribution in [3.8, 4) is 6.07 Å². The van der Waals surface area contributed by atoms with Crippen LogP contribution in [0, 0.1) is 11.3 Å². The van der Waals surface area contributed by atoms with Gasteiger partial charge in [-0.25, -0.2) is 4.79 Å². The highest BCUT2D eigenvalue weighted by Gasteiger charge is 2.19. The molecule has 5 nitrogen and oxygen atoms in total. The maximum atomic E-state index is 12.0. The monoisotopic (exact) mass is 259 g/mol. The number of carbonyl (C=O) groups excluding carboxylic acids is 2. The molecule has 1 N–H and O–H groups in total. The van der Waals surface area contributed by atoms with Crippen molar-refractivity contribution >= 4 is 11.8 Å².